The highest BCUT2D eigenvalue weighted by atomic mass is 35.5. The molecule has 0 spiro atoms. The van der Waals surface area contributed by atoms with Gasteiger partial charge in [-0.25, -0.2) is 14.4 Å². The minimum Gasteiger partial charge on any atom is -0.258 e. The van der Waals surface area contributed by atoms with Crippen LogP contribution in [0.2, 0.25) is 5.02 Å². The van der Waals surface area contributed by atoms with E-state index in [1.54, 1.807) is 18.2 Å². The average molecular weight is 289 g/mol. The van der Waals surface area contributed by atoms with E-state index in [0.717, 1.165) is 5.69 Å². The van der Waals surface area contributed by atoms with Gasteiger partial charge in [-0.3, -0.25) is 5.10 Å². The molecular weight excluding hydrogens is 279 g/mol. The van der Waals surface area contributed by atoms with Crippen molar-refractivity contribution in [3.63, 3.8) is 0 Å². The average Bonchev–Trinajstić information content (AvgIpc) is 2.88. The number of hydrogen-bond donors (Lipinski definition) is 1. The third kappa shape index (κ3) is 2.28. The Morgan fingerprint density at radius 1 is 1.10 bits per heavy atom. The van der Waals surface area contributed by atoms with Gasteiger partial charge in [0.2, 0.25) is 0 Å². The summed E-state index contributed by atoms with van der Waals surface area (Å²) in [5.41, 5.74) is 1.69. The van der Waals surface area contributed by atoms with Crippen molar-refractivity contribution in [2.45, 2.75) is 6.92 Å². The molecule has 0 saturated carbocycles. The number of pyridine rings is 1. The molecule has 0 amide bonds. The number of aryl methyl sites for hydroxylation is 1. The molecule has 0 fully saturated rings. The minimum absolute atomic E-state index is 0.209. The lowest BCUT2D eigenvalue weighted by atomic mass is 10.2. The summed E-state index contributed by atoms with van der Waals surface area (Å²) < 4.78 is 13.8. The molecule has 2 heterocycles. The predicted octanol–water partition coefficient (Wildman–Crippen LogP) is 3.63. The van der Waals surface area contributed by atoms with Crippen LogP contribution in [0.15, 0.2) is 36.4 Å². The number of aromatic amines is 1. The predicted molar refractivity (Wildman–Crippen MR) is 74.8 cm³/mol. The monoisotopic (exact) mass is 288 g/mol. The molecule has 0 aliphatic rings. The molecule has 1 N–H and O–H groups in total. The minimum atomic E-state index is -0.447. The number of aromatic nitrogens is 4. The van der Waals surface area contributed by atoms with Crippen LogP contribution < -0.4 is 0 Å². The third-order valence-corrected chi connectivity index (χ3v) is 3.12. The molecule has 2 aromatic heterocycles. The zero-order valence-corrected chi connectivity index (χ0v) is 11.3. The Bertz CT molecular complexity index is 749. The molecule has 0 bridgehead atoms. The summed E-state index contributed by atoms with van der Waals surface area (Å²) in [6, 6.07) is 10.0. The topological polar surface area (TPSA) is 54.5 Å². The Kier molecular flexibility index (Phi) is 3.20. The van der Waals surface area contributed by atoms with Gasteiger partial charge >= 0.3 is 0 Å². The largest absolute Gasteiger partial charge is 0.258 e. The van der Waals surface area contributed by atoms with Gasteiger partial charge in [0.15, 0.2) is 11.6 Å². The molecule has 4 nitrogen and oxygen atoms in total. The lowest BCUT2D eigenvalue weighted by Gasteiger charge is -2.00. The zero-order chi connectivity index (χ0) is 14.1. The summed E-state index contributed by atoms with van der Waals surface area (Å²) in [5, 5.41) is 7.04. The molecule has 0 atom stereocenters. The number of benzene rings is 1. The van der Waals surface area contributed by atoms with E-state index in [-0.39, 0.29) is 16.4 Å². The van der Waals surface area contributed by atoms with Crippen LogP contribution in [0.1, 0.15) is 5.69 Å². The van der Waals surface area contributed by atoms with Gasteiger partial charge in [-0.15, -0.1) is 0 Å². The summed E-state index contributed by atoms with van der Waals surface area (Å²) in [7, 11) is 0. The van der Waals surface area contributed by atoms with Gasteiger partial charge < -0.3 is 0 Å². The fraction of sp³-hybridized carbons (Fsp3) is 0.0714. The first kappa shape index (κ1) is 12.7. The third-order valence-electron chi connectivity index (χ3n) is 2.80. The number of rotatable bonds is 2. The maximum absolute atomic E-state index is 13.8. The Hall–Kier alpha value is -2.27. The smallest absolute Gasteiger partial charge is 0.200 e. The van der Waals surface area contributed by atoms with Crippen LogP contribution in [-0.4, -0.2) is 20.2 Å². The van der Waals surface area contributed by atoms with Crippen molar-refractivity contribution in [2.24, 2.45) is 0 Å². The highest BCUT2D eigenvalue weighted by molar-refractivity contribution is 6.33. The quantitative estimate of drug-likeness (QED) is 0.783. The molecule has 3 rings (SSSR count). The van der Waals surface area contributed by atoms with Crippen LogP contribution >= 0.6 is 11.6 Å². The van der Waals surface area contributed by atoms with Crippen molar-refractivity contribution in [3.8, 4) is 22.9 Å². The fourth-order valence-electron chi connectivity index (χ4n) is 1.88. The highest BCUT2D eigenvalue weighted by Crippen LogP contribution is 2.28. The van der Waals surface area contributed by atoms with E-state index in [2.05, 4.69) is 20.2 Å². The Balaban J connectivity index is 2.07. The molecule has 6 heteroatoms. The van der Waals surface area contributed by atoms with Crippen molar-refractivity contribution < 1.29 is 4.39 Å². The van der Waals surface area contributed by atoms with E-state index in [9.17, 15) is 4.39 Å². The summed E-state index contributed by atoms with van der Waals surface area (Å²) in [4.78, 5) is 8.58. The van der Waals surface area contributed by atoms with E-state index >= 15 is 0 Å². The first-order valence-electron chi connectivity index (χ1n) is 5.96. The second-order valence-electron chi connectivity index (χ2n) is 4.27. The van der Waals surface area contributed by atoms with Gasteiger partial charge in [0.1, 0.15) is 11.5 Å². The van der Waals surface area contributed by atoms with Crippen LogP contribution in [-0.2, 0) is 0 Å². The number of nitrogens with zero attached hydrogens (tertiary/aromatic N) is 3. The second kappa shape index (κ2) is 5.02. The molecule has 0 saturated heterocycles. The molecule has 3 aromatic rings. The molecule has 1 aromatic carbocycles. The summed E-state index contributed by atoms with van der Waals surface area (Å²) in [6.07, 6.45) is 0. The number of H-pyrrole nitrogens is 1. The molecule has 0 aliphatic heterocycles. The van der Waals surface area contributed by atoms with Crippen LogP contribution in [0, 0.1) is 12.7 Å². The lowest BCUT2D eigenvalue weighted by Crippen LogP contribution is -1.89. The number of halogens is 2. The van der Waals surface area contributed by atoms with Gasteiger partial charge in [0.05, 0.1) is 10.6 Å². The Labute approximate surface area is 119 Å². The van der Waals surface area contributed by atoms with Crippen LogP contribution in [0.25, 0.3) is 22.9 Å². The second-order valence-corrected chi connectivity index (χ2v) is 4.68. The van der Waals surface area contributed by atoms with Crippen molar-refractivity contribution in [1.29, 1.82) is 0 Å². The first-order chi connectivity index (χ1) is 9.65. The lowest BCUT2D eigenvalue weighted by molar-refractivity contribution is 0.630. The summed E-state index contributed by atoms with van der Waals surface area (Å²) >= 11 is 6.00. The van der Waals surface area contributed by atoms with Crippen molar-refractivity contribution >= 4 is 11.6 Å². The number of hydrogen-bond acceptors (Lipinski definition) is 3. The first-order valence-corrected chi connectivity index (χ1v) is 6.34. The standard InChI is InChI=1S/C14H10ClFN4/c1-8-4-2-7-11(17-8)13-18-14(20-19-13)12-9(15)5-3-6-10(12)16/h2-7H,1H3,(H,18,19,20). The molecular formula is C14H10ClFN4. The molecule has 100 valence electrons. The van der Waals surface area contributed by atoms with Crippen molar-refractivity contribution in [1.82, 2.24) is 20.2 Å². The van der Waals surface area contributed by atoms with Gasteiger partial charge in [-0.05, 0) is 31.2 Å². The molecule has 0 radical (unpaired) electrons. The molecule has 20 heavy (non-hydrogen) atoms. The van der Waals surface area contributed by atoms with Crippen LogP contribution in [0.3, 0.4) is 0 Å². The van der Waals surface area contributed by atoms with E-state index in [1.165, 1.54) is 6.07 Å². The fourth-order valence-corrected chi connectivity index (χ4v) is 2.13. The van der Waals surface area contributed by atoms with E-state index in [1.807, 2.05) is 19.1 Å². The normalized spacial score (nSPS) is 10.8. The number of nitrogens with one attached hydrogen (secondary N) is 1. The van der Waals surface area contributed by atoms with E-state index < -0.39 is 5.82 Å². The van der Waals surface area contributed by atoms with Gasteiger partial charge in [0, 0.05) is 5.69 Å². The van der Waals surface area contributed by atoms with Crippen molar-refractivity contribution in [3.05, 3.63) is 52.9 Å². The van der Waals surface area contributed by atoms with Gasteiger partial charge in [0.25, 0.3) is 0 Å². The van der Waals surface area contributed by atoms with Crippen LogP contribution in [0.5, 0.6) is 0 Å². The van der Waals surface area contributed by atoms with Gasteiger partial charge in [-0.2, -0.15) is 5.10 Å². The summed E-state index contributed by atoms with van der Waals surface area (Å²) in [6.45, 7) is 1.88. The maximum atomic E-state index is 13.8. The summed E-state index contributed by atoms with van der Waals surface area (Å²) in [5.74, 6) is 0.242. The van der Waals surface area contributed by atoms with Crippen molar-refractivity contribution in [2.75, 3.05) is 0 Å². The van der Waals surface area contributed by atoms with Gasteiger partial charge in [-0.1, -0.05) is 23.7 Å². The van der Waals surface area contributed by atoms with Crippen LogP contribution in [0.4, 0.5) is 4.39 Å². The highest BCUT2D eigenvalue weighted by Gasteiger charge is 2.15. The molecule has 0 unspecified atom stereocenters. The zero-order valence-electron chi connectivity index (χ0n) is 10.6. The van der Waals surface area contributed by atoms with E-state index in [0.29, 0.717) is 11.5 Å². The Morgan fingerprint density at radius 2 is 1.90 bits per heavy atom. The van der Waals surface area contributed by atoms with E-state index in [4.69, 9.17) is 11.6 Å². The Morgan fingerprint density at radius 3 is 2.65 bits per heavy atom. The maximum Gasteiger partial charge on any atom is 0.200 e. The SMILES string of the molecule is Cc1cccc(-c2n[nH]c(-c3c(F)cccc3Cl)n2)n1. The molecule has 0 aliphatic carbocycles.